The van der Waals surface area contributed by atoms with Crippen LogP contribution < -0.4 is 5.73 Å². The van der Waals surface area contributed by atoms with E-state index >= 15 is 0 Å². The lowest BCUT2D eigenvalue weighted by Crippen LogP contribution is -2.41. The minimum absolute atomic E-state index is 0. The summed E-state index contributed by atoms with van der Waals surface area (Å²) in [6.45, 7) is 2.70. The van der Waals surface area contributed by atoms with Crippen LogP contribution in [0.3, 0.4) is 0 Å². The van der Waals surface area contributed by atoms with Crippen molar-refractivity contribution in [2.45, 2.75) is 57.8 Å². The number of likely N-dealkylation sites (tertiary alicyclic amines) is 1. The topological polar surface area (TPSA) is 46.3 Å². The Hall–Kier alpha value is -0.280. The van der Waals surface area contributed by atoms with Crippen molar-refractivity contribution in [3.8, 4) is 0 Å². The van der Waals surface area contributed by atoms with Crippen LogP contribution in [0.1, 0.15) is 57.8 Å². The minimum atomic E-state index is 0. The van der Waals surface area contributed by atoms with Gasteiger partial charge in [0, 0.05) is 19.5 Å². The lowest BCUT2D eigenvalue weighted by molar-refractivity contribution is -0.134. The minimum Gasteiger partial charge on any atom is -0.342 e. The molecule has 2 fully saturated rings. The molecule has 1 saturated carbocycles. The number of carbonyl (C=O) groups excluding carboxylic acids is 1. The molecule has 0 spiro atoms. The predicted octanol–water partition coefficient (Wildman–Crippen LogP) is 2.97. The highest BCUT2D eigenvalue weighted by molar-refractivity contribution is 5.85. The van der Waals surface area contributed by atoms with Gasteiger partial charge in [0.2, 0.25) is 5.91 Å². The van der Waals surface area contributed by atoms with Gasteiger partial charge in [0.1, 0.15) is 0 Å². The SMILES string of the molecule is Cl.NCCC1CCCN(C(=O)CC2CCCCC2)C1. The summed E-state index contributed by atoms with van der Waals surface area (Å²) >= 11 is 0. The van der Waals surface area contributed by atoms with Crippen LogP contribution in [0.25, 0.3) is 0 Å². The van der Waals surface area contributed by atoms with E-state index in [4.69, 9.17) is 5.73 Å². The number of halogens is 1. The van der Waals surface area contributed by atoms with Crippen LogP contribution in [0.5, 0.6) is 0 Å². The van der Waals surface area contributed by atoms with Gasteiger partial charge in [-0.2, -0.15) is 0 Å². The maximum Gasteiger partial charge on any atom is 0.222 e. The van der Waals surface area contributed by atoms with Crippen LogP contribution in [0.15, 0.2) is 0 Å². The first-order valence-electron chi connectivity index (χ1n) is 7.77. The highest BCUT2D eigenvalue weighted by atomic mass is 35.5. The van der Waals surface area contributed by atoms with Crippen LogP contribution in [0.4, 0.5) is 0 Å². The van der Waals surface area contributed by atoms with Crippen molar-refractivity contribution in [2.24, 2.45) is 17.6 Å². The van der Waals surface area contributed by atoms with E-state index in [9.17, 15) is 4.79 Å². The second kappa shape index (κ2) is 8.80. The quantitative estimate of drug-likeness (QED) is 0.864. The molecule has 112 valence electrons. The molecule has 4 heteroatoms. The molecular formula is C15H29ClN2O. The Balaban J connectivity index is 0.00000180. The number of hydrogen-bond donors (Lipinski definition) is 1. The van der Waals surface area contributed by atoms with Crippen molar-refractivity contribution < 1.29 is 4.79 Å². The third-order valence-corrected chi connectivity index (χ3v) is 4.63. The third-order valence-electron chi connectivity index (χ3n) is 4.63. The van der Waals surface area contributed by atoms with Crippen LogP contribution in [0, 0.1) is 11.8 Å². The fraction of sp³-hybridized carbons (Fsp3) is 0.933. The number of hydrogen-bond acceptors (Lipinski definition) is 2. The maximum absolute atomic E-state index is 12.3. The fourth-order valence-corrected chi connectivity index (χ4v) is 3.53. The maximum atomic E-state index is 12.3. The van der Waals surface area contributed by atoms with Crippen molar-refractivity contribution in [3.05, 3.63) is 0 Å². The largest absolute Gasteiger partial charge is 0.342 e. The number of nitrogens with two attached hydrogens (primary N) is 1. The smallest absolute Gasteiger partial charge is 0.222 e. The molecule has 0 aromatic heterocycles. The summed E-state index contributed by atoms with van der Waals surface area (Å²) in [5, 5.41) is 0. The van der Waals surface area contributed by atoms with Gasteiger partial charge in [0.15, 0.2) is 0 Å². The second-order valence-corrected chi connectivity index (χ2v) is 6.13. The number of piperidine rings is 1. The Bertz CT molecular complexity index is 265. The molecular weight excluding hydrogens is 260 g/mol. The van der Waals surface area contributed by atoms with Gasteiger partial charge in [-0.25, -0.2) is 0 Å². The third kappa shape index (κ3) is 5.31. The summed E-state index contributed by atoms with van der Waals surface area (Å²) in [5.74, 6) is 1.73. The summed E-state index contributed by atoms with van der Waals surface area (Å²) in [4.78, 5) is 14.4. The van der Waals surface area contributed by atoms with Gasteiger partial charge >= 0.3 is 0 Å². The summed E-state index contributed by atoms with van der Waals surface area (Å²) in [5.41, 5.74) is 5.63. The van der Waals surface area contributed by atoms with E-state index in [0.717, 1.165) is 32.5 Å². The molecule has 1 aliphatic carbocycles. The first kappa shape index (κ1) is 16.8. The molecule has 1 unspecified atom stereocenters. The molecule has 1 saturated heterocycles. The molecule has 0 bridgehead atoms. The van der Waals surface area contributed by atoms with Crippen molar-refractivity contribution in [1.82, 2.24) is 4.90 Å². The van der Waals surface area contributed by atoms with Gasteiger partial charge in [-0.3, -0.25) is 4.79 Å². The van der Waals surface area contributed by atoms with E-state index in [1.165, 1.54) is 44.9 Å². The van der Waals surface area contributed by atoms with E-state index in [1.807, 2.05) is 0 Å². The zero-order valence-electron chi connectivity index (χ0n) is 12.0. The van der Waals surface area contributed by atoms with E-state index < -0.39 is 0 Å². The number of rotatable bonds is 4. The zero-order valence-corrected chi connectivity index (χ0v) is 12.8. The summed E-state index contributed by atoms with van der Waals surface area (Å²) in [7, 11) is 0. The van der Waals surface area contributed by atoms with Crippen LogP contribution >= 0.6 is 12.4 Å². The number of carbonyl (C=O) groups is 1. The van der Waals surface area contributed by atoms with Gasteiger partial charge in [-0.1, -0.05) is 19.3 Å². The van der Waals surface area contributed by atoms with Gasteiger partial charge in [-0.05, 0) is 50.5 Å². The molecule has 0 aromatic carbocycles. The van der Waals surface area contributed by atoms with E-state index in [2.05, 4.69) is 4.90 Å². The highest BCUT2D eigenvalue weighted by Crippen LogP contribution is 2.28. The number of nitrogens with zero attached hydrogens (tertiary/aromatic N) is 1. The molecule has 1 aliphatic heterocycles. The zero-order chi connectivity index (χ0) is 12.8. The Labute approximate surface area is 123 Å². The average Bonchev–Trinajstić information content (AvgIpc) is 2.40. The molecule has 0 aromatic rings. The Morgan fingerprint density at radius 1 is 1.05 bits per heavy atom. The summed E-state index contributed by atoms with van der Waals surface area (Å²) < 4.78 is 0. The molecule has 2 N–H and O–H groups in total. The van der Waals surface area contributed by atoms with E-state index in [1.54, 1.807) is 0 Å². The lowest BCUT2D eigenvalue weighted by atomic mass is 9.86. The van der Waals surface area contributed by atoms with Crippen molar-refractivity contribution in [2.75, 3.05) is 19.6 Å². The van der Waals surface area contributed by atoms with E-state index in [0.29, 0.717) is 17.7 Å². The van der Waals surface area contributed by atoms with Gasteiger partial charge < -0.3 is 10.6 Å². The van der Waals surface area contributed by atoms with Crippen molar-refractivity contribution in [1.29, 1.82) is 0 Å². The summed E-state index contributed by atoms with van der Waals surface area (Å²) in [6, 6.07) is 0. The Morgan fingerprint density at radius 3 is 2.42 bits per heavy atom. The number of amides is 1. The lowest BCUT2D eigenvalue weighted by Gasteiger charge is -2.34. The van der Waals surface area contributed by atoms with Gasteiger partial charge in [-0.15, -0.1) is 12.4 Å². The van der Waals surface area contributed by atoms with Crippen LogP contribution in [-0.2, 0) is 4.79 Å². The molecule has 19 heavy (non-hydrogen) atoms. The molecule has 3 nitrogen and oxygen atoms in total. The standard InChI is InChI=1S/C15H28N2O.ClH/c16-9-8-14-7-4-10-17(12-14)15(18)11-13-5-2-1-3-6-13;/h13-14H,1-12,16H2;1H. The van der Waals surface area contributed by atoms with E-state index in [-0.39, 0.29) is 12.4 Å². The Kier molecular flexibility index (Phi) is 7.77. The van der Waals surface area contributed by atoms with Crippen molar-refractivity contribution >= 4 is 18.3 Å². The van der Waals surface area contributed by atoms with Crippen molar-refractivity contribution in [3.63, 3.8) is 0 Å². The first-order chi connectivity index (χ1) is 8.79. The molecule has 1 heterocycles. The van der Waals surface area contributed by atoms with Crippen LogP contribution in [0.2, 0.25) is 0 Å². The Morgan fingerprint density at radius 2 is 1.74 bits per heavy atom. The van der Waals surface area contributed by atoms with Gasteiger partial charge in [0.05, 0.1) is 0 Å². The molecule has 2 aliphatic rings. The van der Waals surface area contributed by atoms with Crippen LogP contribution in [-0.4, -0.2) is 30.4 Å². The molecule has 2 rings (SSSR count). The second-order valence-electron chi connectivity index (χ2n) is 6.13. The summed E-state index contributed by atoms with van der Waals surface area (Å²) in [6.07, 6.45) is 10.9. The molecule has 1 atom stereocenters. The first-order valence-corrected chi connectivity index (χ1v) is 7.77. The predicted molar refractivity (Wildman–Crippen MR) is 81.4 cm³/mol. The average molecular weight is 289 g/mol. The normalized spacial score (nSPS) is 24.9. The molecule has 0 radical (unpaired) electrons. The molecule has 1 amide bonds. The fourth-order valence-electron chi connectivity index (χ4n) is 3.53. The monoisotopic (exact) mass is 288 g/mol. The highest BCUT2D eigenvalue weighted by Gasteiger charge is 2.25. The van der Waals surface area contributed by atoms with Gasteiger partial charge in [0.25, 0.3) is 0 Å².